The largest absolute Gasteiger partial charge is 0.539 e. The Balaban J connectivity index is 2.21. The lowest BCUT2D eigenvalue weighted by Crippen LogP contribution is -2.47. The van der Waals surface area contributed by atoms with Crippen LogP contribution in [0.3, 0.4) is 0 Å². The van der Waals surface area contributed by atoms with Gasteiger partial charge in [0, 0.05) is 12.7 Å². The zero-order valence-electron chi connectivity index (χ0n) is 15.3. The highest BCUT2D eigenvalue weighted by atomic mass is 31.2. The van der Waals surface area contributed by atoms with Crippen molar-refractivity contribution in [2.45, 2.75) is 53.4 Å². The first-order valence-corrected chi connectivity index (χ1v) is 9.73. The van der Waals surface area contributed by atoms with E-state index in [0.29, 0.717) is 18.4 Å². The number of esters is 1. The number of benzene rings is 1. The van der Waals surface area contributed by atoms with Crippen molar-refractivity contribution in [3.63, 3.8) is 0 Å². The summed E-state index contributed by atoms with van der Waals surface area (Å²) in [7, 11) is -2.35. The highest BCUT2D eigenvalue weighted by Gasteiger charge is 2.67. The fourth-order valence-corrected chi connectivity index (χ4v) is 4.27. The van der Waals surface area contributed by atoms with Gasteiger partial charge in [0.2, 0.25) is 0 Å². The van der Waals surface area contributed by atoms with Gasteiger partial charge in [0.05, 0.1) is 11.0 Å². The molecule has 0 amide bonds. The summed E-state index contributed by atoms with van der Waals surface area (Å²) in [5.74, 6) is -1.53. The summed E-state index contributed by atoms with van der Waals surface area (Å²) in [5.41, 5.74) is 1.50. The van der Waals surface area contributed by atoms with Gasteiger partial charge in [0.1, 0.15) is 0 Å². The van der Waals surface area contributed by atoms with Crippen LogP contribution in [-0.4, -0.2) is 13.1 Å². The number of rotatable bonds is 4. The highest BCUT2D eigenvalue weighted by Crippen LogP contribution is 2.74. The molecule has 3 aliphatic heterocycles. The minimum absolute atomic E-state index is 0.189. The Morgan fingerprint density at radius 2 is 1.88 bits per heavy atom. The second kappa shape index (κ2) is 5.81. The van der Waals surface area contributed by atoms with E-state index in [1.54, 1.807) is 20.8 Å². The molecule has 1 aromatic carbocycles. The van der Waals surface area contributed by atoms with Gasteiger partial charge in [-0.2, -0.15) is 0 Å². The third-order valence-corrected chi connectivity index (χ3v) is 5.57. The topological polar surface area (TPSA) is 80.3 Å². The summed E-state index contributed by atoms with van der Waals surface area (Å²) in [5, 5.41) is 0. The zero-order valence-corrected chi connectivity index (χ0v) is 16.2. The molecule has 8 heteroatoms. The molecular weight excluding hydrogens is 347 g/mol. The standard InChI is InChI=1S/C17H23O7P/c1-7-10-9-12-14(22-25(19)23-17(12,20-6)24-25)13(11(10)8-2)21-15(18)16(3,4)5/h9H,7-8H2,1-6H3. The molecule has 2 bridgehead atoms. The Kier molecular flexibility index (Phi) is 4.27. The SMILES string of the molecule is CCc1cc2c(c(OC(=O)C(C)(C)C)c1CC)OP1(=O)OC2(OC)O1. The van der Waals surface area contributed by atoms with E-state index in [2.05, 4.69) is 0 Å². The van der Waals surface area contributed by atoms with Gasteiger partial charge in [-0.05, 0) is 45.2 Å². The van der Waals surface area contributed by atoms with Gasteiger partial charge >= 0.3 is 19.8 Å². The number of methoxy groups -OCH3 is 1. The Morgan fingerprint density at radius 3 is 2.36 bits per heavy atom. The molecule has 0 aliphatic carbocycles. The summed E-state index contributed by atoms with van der Waals surface area (Å²) >= 11 is 0. The second-order valence-electron chi connectivity index (χ2n) is 7.05. The van der Waals surface area contributed by atoms with Gasteiger partial charge < -0.3 is 14.0 Å². The van der Waals surface area contributed by atoms with E-state index < -0.39 is 25.2 Å². The Hall–Kier alpha value is -1.40. The second-order valence-corrected chi connectivity index (χ2v) is 8.49. The van der Waals surface area contributed by atoms with Crippen LogP contribution >= 0.6 is 7.82 Å². The van der Waals surface area contributed by atoms with Crippen molar-refractivity contribution in [2.24, 2.45) is 5.41 Å². The quantitative estimate of drug-likeness (QED) is 0.449. The van der Waals surface area contributed by atoms with Crippen LogP contribution in [0.1, 0.15) is 51.3 Å². The van der Waals surface area contributed by atoms with Gasteiger partial charge in [-0.15, -0.1) is 0 Å². The molecule has 25 heavy (non-hydrogen) atoms. The van der Waals surface area contributed by atoms with Crippen molar-refractivity contribution in [2.75, 3.05) is 7.11 Å². The lowest BCUT2D eigenvalue weighted by atomic mass is 9.95. The van der Waals surface area contributed by atoms with Gasteiger partial charge in [-0.25, -0.2) is 13.6 Å². The van der Waals surface area contributed by atoms with Crippen molar-refractivity contribution in [1.29, 1.82) is 0 Å². The fraction of sp³-hybridized carbons (Fsp3) is 0.588. The first-order chi connectivity index (χ1) is 11.6. The van der Waals surface area contributed by atoms with Crippen LogP contribution in [0.15, 0.2) is 6.07 Å². The molecule has 4 rings (SSSR count). The van der Waals surface area contributed by atoms with Gasteiger partial charge in [-0.1, -0.05) is 13.8 Å². The van der Waals surface area contributed by atoms with E-state index in [4.69, 9.17) is 23.0 Å². The summed E-state index contributed by atoms with van der Waals surface area (Å²) in [6.07, 6.45) is 1.33. The lowest BCUT2D eigenvalue weighted by Gasteiger charge is -2.47. The number of phosphoric acid groups is 1. The molecule has 3 aliphatic rings. The van der Waals surface area contributed by atoms with Crippen LogP contribution in [0.2, 0.25) is 0 Å². The van der Waals surface area contributed by atoms with Crippen LogP contribution in [0.5, 0.6) is 11.5 Å². The Morgan fingerprint density at radius 1 is 1.24 bits per heavy atom. The number of phosphoric ester groups is 1. The first-order valence-electron chi connectivity index (χ1n) is 8.27. The number of hydrogen-bond donors (Lipinski definition) is 0. The van der Waals surface area contributed by atoms with Gasteiger partial charge in [0.25, 0.3) is 0 Å². The van der Waals surface area contributed by atoms with Crippen molar-refractivity contribution in [1.82, 2.24) is 0 Å². The van der Waals surface area contributed by atoms with Gasteiger partial charge in [-0.3, -0.25) is 4.79 Å². The number of ether oxygens (including phenoxy) is 2. The normalized spacial score (nSPS) is 27.1. The molecule has 1 fully saturated rings. The van der Waals surface area contributed by atoms with E-state index in [1.165, 1.54) is 7.11 Å². The van der Waals surface area contributed by atoms with E-state index in [9.17, 15) is 9.36 Å². The molecule has 0 spiro atoms. The van der Waals surface area contributed by atoms with E-state index >= 15 is 0 Å². The van der Waals surface area contributed by atoms with Crippen LogP contribution in [0.4, 0.5) is 0 Å². The molecule has 3 heterocycles. The van der Waals surface area contributed by atoms with Crippen LogP contribution < -0.4 is 9.26 Å². The molecule has 0 saturated carbocycles. The minimum atomic E-state index is -3.74. The van der Waals surface area contributed by atoms with Crippen molar-refractivity contribution < 1.29 is 32.4 Å². The molecule has 7 nitrogen and oxygen atoms in total. The zero-order chi connectivity index (χ0) is 18.6. The van der Waals surface area contributed by atoms with Crippen molar-refractivity contribution in [3.05, 3.63) is 22.8 Å². The van der Waals surface area contributed by atoms with Crippen LogP contribution in [0, 0.1) is 5.41 Å². The maximum atomic E-state index is 12.5. The van der Waals surface area contributed by atoms with Gasteiger partial charge in [0.15, 0.2) is 11.5 Å². The predicted octanol–water partition coefficient (Wildman–Crippen LogP) is 4.07. The number of carbonyl (C=O) groups excluding carboxylic acids is 1. The lowest BCUT2D eigenvalue weighted by molar-refractivity contribution is -0.376. The van der Waals surface area contributed by atoms with Crippen molar-refractivity contribution in [3.8, 4) is 11.5 Å². The first kappa shape index (κ1) is 18.4. The molecule has 138 valence electrons. The Bertz CT molecular complexity index is 768. The van der Waals surface area contributed by atoms with Crippen molar-refractivity contribution >= 4 is 13.8 Å². The summed E-state index contributed by atoms with van der Waals surface area (Å²) in [6, 6.07) is 1.83. The van der Waals surface area contributed by atoms with Crippen LogP contribution in [0.25, 0.3) is 0 Å². The molecule has 0 N–H and O–H groups in total. The molecular formula is C17H23O7P. The summed E-state index contributed by atoms with van der Waals surface area (Å²) in [4.78, 5) is 12.5. The Labute approximate surface area is 147 Å². The molecule has 0 atom stereocenters. The molecule has 0 radical (unpaired) electrons. The minimum Gasteiger partial charge on any atom is -0.422 e. The molecule has 0 unspecified atom stereocenters. The molecule has 1 aromatic rings. The predicted molar refractivity (Wildman–Crippen MR) is 89.4 cm³/mol. The average Bonchev–Trinajstić information content (AvgIpc) is 2.52. The summed E-state index contributed by atoms with van der Waals surface area (Å²) in [6.45, 7) is 9.24. The number of carbonyl (C=O) groups is 1. The van der Waals surface area contributed by atoms with E-state index in [0.717, 1.165) is 11.1 Å². The molecule has 0 aromatic heterocycles. The smallest absolute Gasteiger partial charge is 0.422 e. The third kappa shape index (κ3) is 2.79. The average molecular weight is 370 g/mol. The maximum Gasteiger partial charge on any atom is 0.539 e. The number of hydrogen-bond acceptors (Lipinski definition) is 7. The fourth-order valence-electron chi connectivity index (χ4n) is 2.84. The van der Waals surface area contributed by atoms with E-state index in [-0.39, 0.29) is 11.5 Å². The number of aryl methyl sites for hydroxylation is 1. The third-order valence-electron chi connectivity index (χ3n) is 4.24. The maximum absolute atomic E-state index is 12.5. The summed E-state index contributed by atoms with van der Waals surface area (Å²) < 4.78 is 39.3. The highest BCUT2D eigenvalue weighted by molar-refractivity contribution is 7.50. The monoisotopic (exact) mass is 370 g/mol. The van der Waals surface area contributed by atoms with Crippen LogP contribution in [-0.2, 0) is 42.0 Å². The molecule has 1 saturated heterocycles. The van der Waals surface area contributed by atoms with E-state index in [1.807, 2.05) is 19.9 Å².